The number of fused-ring (bicyclic) bond motifs is 2. The molecule has 3 aromatic carbocycles. The van der Waals surface area contributed by atoms with Gasteiger partial charge in [-0.2, -0.15) is 0 Å². The predicted molar refractivity (Wildman–Crippen MR) is 96.9 cm³/mol. The standard InChI is InChI=1S/C21H19NO3/c23-21(13-17-6-3-5-16-4-1-2-7-18(16)17)22-11-10-15-8-9-19-20(12-15)25-14-24-19/h1-9,12H,10-11,13-14H2,(H,22,23). The van der Waals surface area contributed by atoms with Crippen LogP contribution in [0.5, 0.6) is 11.5 Å². The number of carbonyl (C=O) groups is 1. The molecule has 1 aliphatic heterocycles. The molecule has 0 aliphatic carbocycles. The van der Waals surface area contributed by atoms with Crippen molar-refractivity contribution in [1.82, 2.24) is 5.32 Å². The molecule has 0 aromatic heterocycles. The normalized spacial score (nSPS) is 12.3. The Kier molecular flexibility index (Phi) is 4.25. The largest absolute Gasteiger partial charge is 0.454 e. The van der Waals surface area contributed by atoms with Gasteiger partial charge in [-0.1, -0.05) is 48.5 Å². The second-order valence-electron chi connectivity index (χ2n) is 6.10. The first-order valence-electron chi connectivity index (χ1n) is 8.41. The van der Waals surface area contributed by atoms with Crippen molar-refractivity contribution in [3.63, 3.8) is 0 Å². The molecule has 0 atom stereocenters. The lowest BCUT2D eigenvalue weighted by molar-refractivity contribution is -0.120. The number of carbonyl (C=O) groups excluding carboxylic acids is 1. The van der Waals surface area contributed by atoms with Crippen molar-refractivity contribution >= 4 is 16.7 Å². The van der Waals surface area contributed by atoms with E-state index in [0.29, 0.717) is 13.0 Å². The summed E-state index contributed by atoms with van der Waals surface area (Å²) in [7, 11) is 0. The van der Waals surface area contributed by atoms with Crippen LogP contribution in [0.2, 0.25) is 0 Å². The van der Waals surface area contributed by atoms with Crippen molar-refractivity contribution in [1.29, 1.82) is 0 Å². The van der Waals surface area contributed by atoms with E-state index in [1.54, 1.807) is 0 Å². The fourth-order valence-corrected chi connectivity index (χ4v) is 3.12. The Hall–Kier alpha value is -3.01. The van der Waals surface area contributed by atoms with Gasteiger partial charge in [0.1, 0.15) is 0 Å². The monoisotopic (exact) mass is 333 g/mol. The maximum absolute atomic E-state index is 12.3. The molecule has 1 N–H and O–H groups in total. The minimum atomic E-state index is 0.0390. The first-order chi connectivity index (χ1) is 12.3. The van der Waals surface area contributed by atoms with E-state index in [4.69, 9.17) is 9.47 Å². The first kappa shape index (κ1) is 15.5. The van der Waals surface area contributed by atoms with Gasteiger partial charge < -0.3 is 14.8 Å². The third-order valence-corrected chi connectivity index (χ3v) is 4.40. The topological polar surface area (TPSA) is 47.6 Å². The summed E-state index contributed by atoms with van der Waals surface area (Å²) in [6.07, 6.45) is 1.15. The Morgan fingerprint density at radius 1 is 0.960 bits per heavy atom. The van der Waals surface area contributed by atoms with Gasteiger partial charge in [-0.05, 0) is 40.5 Å². The van der Waals surface area contributed by atoms with Crippen LogP contribution >= 0.6 is 0 Å². The summed E-state index contributed by atoms with van der Waals surface area (Å²) in [5, 5.41) is 5.30. The zero-order chi connectivity index (χ0) is 17.1. The van der Waals surface area contributed by atoms with E-state index in [2.05, 4.69) is 23.5 Å². The Balaban J connectivity index is 1.35. The van der Waals surface area contributed by atoms with E-state index < -0.39 is 0 Å². The molecule has 4 nitrogen and oxygen atoms in total. The van der Waals surface area contributed by atoms with Gasteiger partial charge in [0.2, 0.25) is 12.7 Å². The van der Waals surface area contributed by atoms with Crippen molar-refractivity contribution in [2.45, 2.75) is 12.8 Å². The van der Waals surface area contributed by atoms with Crippen LogP contribution in [-0.4, -0.2) is 19.2 Å². The third-order valence-electron chi connectivity index (χ3n) is 4.40. The summed E-state index contributed by atoms with van der Waals surface area (Å²) < 4.78 is 10.7. The summed E-state index contributed by atoms with van der Waals surface area (Å²) in [5.74, 6) is 1.60. The average Bonchev–Trinajstić information content (AvgIpc) is 3.10. The Morgan fingerprint density at radius 3 is 2.76 bits per heavy atom. The maximum atomic E-state index is 12.3. The van der Waals surface area contributed by atoms with Crippen LogP contribution in [-0.2, 0) is 17.6 Å². The zero-order valence-electron chi connectivity index (χ0n) is 13.8. The molecule has 4 heteroatoms. The minimum absolute atomic E-state index is 0.0390. The molecular formula is C21H19NO3. The summed E-state index contributed by atoms with van der Waals surface area (Å²) in [6.45, 7) is 0.879. The molecule has 4 rings (SSSR count). The van der Waals surface area contributed by atoms with Crippen LogP contribution in [0.1, 0.15) is 11.1 Å². The molecule has 126 valence electrons. The number of amides is 1. The van der Waals surface area contributed by atoms with Crippen molar-refractivity contribution < 1.29 is 14.3 Å². The smallest absolute Gasteiger partial charge is 0.231 e. The van der Waals surface area contributed by atoms with Crippen LogP contribution in [0.25, 0.3) is 10.8 Å². The van der Waals surface area contributed by atoms with Crippen LogP contribution in [0.3, 0.4) is 0 Å². The second kappa shape index (κ2) is 6.85. The summed E-state index contributed by atoms with van der Waals surface area (Å²) in [6, 6.07) is 20.1. The molecule has 1 amide bonds. The van der Waals surface area contributed by atoms with Gasteiger partial charge >= 0.3 is 0 Å². The number of benzene rings is 3. The highest BCUT2D eigenvalue weighted by molar-refractivity contribution is 5.90. The fraction of sp³-hybridized carbons (Fsp3) is 0.190. The molecule has 0 saturated heterocycles. The lowest BCUT2D eigenvalue weighted by atomic mass is 10.0. The molecule has 0 fully saturated rings. The molecule has 1 heterocycles. The highest BCUT2D eigenvalue weighted by atomic mass is 16.7. The summed E-state index contributed by atoms with van der Waals surface area (Å²) in [5.41, 5.74) is 2.17. The molecule has 25 heavy (non-hydrogen) atoms. The van der Waals surface area contributed by atoms with E-state index in [1.165, 1.54) is 0 Å². The van der Waals surface area contributed by atoms with Crippen molar-refractivity contribution in [2.24, 2.45) is 0 Å². The Morgan fingerprint density at radius 2 is 1.80 bits per heavy atom. The first-order valence-corrected chi connectivity index (χ1v) is 8.41. The highest BCUT2D eigenvalue weighted by Gasteiger charge is 2.13. The van der Waals surface area contributed by atoms with Gasteiger partial charge in [0.15, 0.2) is 11.5 Å². The lowest BCUT2D eigenvalue weighted by Crippen LogP contribution is -2.27. The molecule has 1 aliphatic rings. The maximum Gasteiger partial charge on any atom is 0.231 e. The van der Waals surface area contributed by atoms with Gasteiger partial charge in [-0.15, -0.1) is 0 Å². The molecule has 0 spiro atoms. The number of nitrogens with one attached hydrogen (secondary N) is 1. The molecule has 3 aromatic rings. The summed E-state index contributed by atoms with van der Waals surface area (Å²) in [4.78, 5) is 12.3. The number of rotatable bonds is 5. The SMILES string of the molecule is O=C(Cc1cccc2ccccc12)NCCc1ccc2c(c1)OCO2. The van der Waals surface area contributed by atoms with Gasteiger partial charge in [-0.25, -0.2) is 0 Å². The van der Waals surface area contributed by atoms with E-state index >= 15 is 0 Å². The van der Waals surface area contributed by atoms with Gasteiger partial charge in [0, 0.05) is 6.54 Å². The molecule has 0 radical (unpaired) electrons. The van der Waals surface area contributed by atoms with Crippen molar-refractivity contribution in [3.05, 3.63) is 71.8 Å². The zero-order valence-corrected chi connectivity index (χ0v) is 13.8. The Bertz CT molecular complexity index is 915. The molecule has 0 unspecified atom stereocenters. The number of ether oxygens (including phenoxy) is 2. The van der Waals surface area contributed by atoms with E-state index in [1.807, 2.05) is 42.5 Å². The summed E-state index contributed by atoms with van der Waals surface area (Å²) >= 11 is 0. The predicted octanol–water partition coefficient (Wildman–Crippen LogP) is 3.47. The quantitative estimate of drug-likeness (QED) is 0.778. The third kappa shape index (κ3) is 3.43. The second-order valence-corrected chi connectivity index (χ2v) is 6.10. The highest BCUT2D eigenvalue weighted by Crippen LogP contribution is 2.32. The lowest BCUT2D eigenvalue weighted by Gasteiger charge is -2.08. The van der Waals surface area contributed by atoms with Gasteiger partial charge in [0.25, 0.3) is 0 Å². The fourth-order valence-electron chi connectivity index (χ4n) is 3.12. The Labute approximate surface area is 146 Å². The number of hydrogen-bond donors (Lipinski definition) is 1. The molecule has 0 bridgehead atoms. The molecule has 0 saturated carbocycles. The average molecular weight is 333 g/mol. The van der Waals surface area contributed by atoms with Crippen LogP contribution in [0.4, 0.5) is 0 Å². The van der Waals surface area contributed by atoms with Crippen LogP contribution < -0.4 is 14.8 Å². The van der Waals surface area contributed by atoms with E-state index in [0.717, 1.165) is 39.8 Å². The number of hydrogen-bond acceptors (Lipinski definition) is 3. The van der Waals surface area contributed by atoms with E-state index in [9.17, 15) is 4.79 Å². The van der Waals surface area contributed by atoms with Crippen LogP contribution in [0, 0.1) is 0 Å². The minimum Gasteiger partial charge on any atom is -0.454 e. The molecular weight excluding hydrogens is 314 g/mol. The van der Waals surface area contributed by atoms with Crippen molar-refractivity contribution in [2.75, 3.05) is 13.3 Å². The van der Waals surface area contributed by atoms with Crippen LogP contribution in [0.15, 0.2) is 60.7 Å². The van der Waals surface area contributed by atoms with E-state index in [-0.39, 0.29) is 12.7 Å². The van der Waals surface area contributed by atoms with Gasteiger partial charge in [-0.3, -0.25) is 4.79 Å². The van der Waals surface area contributed by atoms with Gasteiger partial charge in [0.05, 0.1) is 6.42 Å². The van der Waals surface area contributed by atoms with Crippen molar-refractivity contribution in [3.8, 4) is 11.5 Å².